The normalized spacial score (nSPS) is 11.3. The molecule has 0 unspecified atom stereocenters. The van der Waals surface area contributed by atoms with Gasteiger partial charge in [-0.1, -0.05) is 38.1 Å². The first-order valence-corrected chi connectivity index (χ1v) is 6.12. The van der Waals surface area contributed by atoms with Crippen LogP contribution in [0.3, 0.4) is 0 Å². The van der Waals surface area contributed by atoms with E-state index < -0.39 is 5.97 Å². The third-order valence-corrected chi connectivity index (χ3v) is 2.87. The molecular weight excluding hydrogens is 240 g/mol. The number of hydrogen-bond donors (Lipinski definition) is 2. The number of benzene rings is 1. The number of rotatable bonds is 4. The largest absolute Gasteiger partial charge is 0.478 e. The Hall–Kier alpha value is -2.36. The van der Waals surface area contributed by atoms with E-state index in [-0.39, 0.29) is 0 Å². The van der Waals surface area contributed by atoms with Gasteiger partial charge in [0.25, 0.3) is 0 Å². The average molecular weight is 256 g/mol. The number of carboxylic acids is 1. The number of aliphatic carboxylic acids is 1. The molecule has 0 amide bonds. The Morgan fingerprint density at radius 3 is 2.58 bits per heavy atom. The third-order valence-electron chi connectivity index (χ3n) is 2.87. The Morgan fingerprint density at radius 1 is 1.32 bits per heavy atom. The molecule has 0 radical (unpaired) electrons. The summed E-state index contributed by atoms with van der Waals surface area (Å²) >= 11 is 0. The van der Waals surface area contributed by atoms with Gasteiger partial charge in [-0.3, -0.25) is 0 Å². The molecule has 4 nitrogen and oxygen atoms in total. The van der Waals surface area contributed by atoms with Crippen molar-refractivity contribution >= 4 is 12.0 Å². The fraction of sp³-hybridized carbons (Fsp3) is 0.200. The highest BCUT2D eigenvalue weighted by molar-refractivity contribution is 5.84. The number of carboxylic acid groups (broad SMARTS) is 1. The fourth-order valence-electron chi connectivity index (χ4n) is 1.77. The Balaban J connectivity index is 2.20. The summed E-state index contributed by atoms with van der Waals surface area (Å²) in [6.07, 6.45) is 4.20. The summed E-state index contributed by atoms with van der Waals surface area (Å²) in [6.45, 7) is 4.31. The minimum atomic E-state index is -0.987. The molecule has 0 atom stereocenters. The molecule has 98 valence electrons. The molecule has 2 rings (SSSR count). The first-order valence-electron chi connectivity index (χ1n) is 6.12. The van der Waals surface area contributed by atoms with Gasteiger partial charge in [-0.15, -0.1) is 0 Å². The Labute approximate surface area is 111 Å². The summed E-state index contributed by atoms with van der Waals surface area (Å²) in [4.78, 5) is 17.6. The number of H-pyrrole nitrogens is 1. The predicted octanol–water partition coefficient (Wildman–Crippen LogP) is 3.30. The minimum Gasteiger partial charge on any atom is -0.478 e. The van der Waals surface area contributed by atoms with Crippen LogP contribution in [0.25, 0.3) is 17.3 Å². The van der Waals surface area contributed by atoms with Gasteiger partial charge in [0.15, 0.2) is 0 Å². The Bertz CT molecular complexity index is 595. The Kier molecular flexibility index (Phi) is 3.80. The van der Waals surface area contributed by atoms with E-state index in [4.69, 9.17) is 5.11 Å². The summed E-state index contributed by atoms with van der Waals surface area (Å²) < 4.78 is 0. The van der Waals surface area contributed by atoms with E-state index in [2.05, 4.69) is 35.9 Å². The SMILES string of the molecule is CC(C)c1ccc(-c2cnc(/C=C/C(=O)O)[nH]2)cc1. The number of nitrogens with one attached hydrogen (secondary N) is 1. The van der Waals surface area contributed by atoms with Crippen LogP contribution < -0.4 is 0 Å². The second-order valence-electron chi connectivity index (χ2n) is 4.63. The second-order valence-corrected chi connectivity index (χ2v) is 4.63. The molecule has 1 aromatic heterocycles. The van der Waals surface area contributed by atoms with Crippen LogP contribution in [0.2, 0.25) is 0 Å². The third kappa shape index (κ3) is 3.31. The molecule has 0 spiro atoms. The van der Waals surface area contributed by atoms with E-state index in [1.165, 1.54) is 11.6 Å². The van der Waals surface area contributed by atoms with Crippen molar-refractivity contribution in [1.82, 2.24) is 9.97 Å². The first-order chi connectivity index (χ1) is 9.06. The molecular formula is C15H16N2O2. The highest BCUT2D eigenvalue weighted by atomic mass is 16.4. The molecule has 0 fully saturated rings. The maximum Gasteiger partial charge on any atom is 0.328 e. The molecule has 2 aromatic rings. The van der Waals surface area contributed by atoms with Crippen LogP contribution in [0.5, 0.6) is 0 Å². The van der Waals surface area contributed by atoms with E-state index >= 15 is 0 Å². The number of hydrogen-bond acceptors (Lipinski definition) is 2. The molecule has 0 aliphatic heterocycles. The van der Waals surface area contributed by atoms with E-state index in [9.17, 15) is 4.79 Å². The summed E-state index contributed by atoms with van der Waals surface area (Å²) in [5.74, 6) is 0.0504. The van der Waals surface area contributed by atoms with Crippen molar-refractivity contribution in [3.63, 3.8) is 0 Å². The van der Waals surface area contributed by atoms with Crippen LogP contribution in [-0.2, 0) is 4.79 Å². The molecule has 2 N–H and O–H groups in total. The zero-order chi connectivity index (χ0) is 13.8. The van der Waals surface area contributed by atoms with E-state index in [1.807, 2.05) is 12.1 Å². The van der Waals surface area contributed by atoms with Crippen LogP contribution in [-0.4, -0.2) is 21.0 Å². The highest BCUT2D eigenvalue weighted by Crippen LogP contribution is 2.21. The molecule has 0 saturated carbocycles. The number of imidazole rings is 1. The van der Waals surface area contributed by atoms with Gasteiger partial charge in [0, 0.05) is 6.08 Å². The molecule has 0 aliphatic carbocycles. The zero-order valence-corrected chi connectivity index (χ0v) is 10.9. The topological polar surface area (TPSA) is 66.0 Å². The summed E-state index contributed by atoms with van der Waals surface area (Å²) in [5.41, 5.74) is 3.20. The maximum absolute atomic E-state index is 10.4. The van der Waals surface area contributed by atoms with Crippen molar-refractivity contribution in [3.05, 3.63) is 47.9 Å². The van der Waals surface area contributed by atoms with Crippen molar-refractivity contribution in [3.8, 4) is 11.3 Å². The van der Waals surface area contributed by atoms with Gasteiger partial charge in [0.1, 0.15) is 5.82 Å². The summed E-state index contributed by atoms with van der Waals surface area (Å²) in [7, 11) is 0. The zero-order valence-electron chi connectivity index (χ0n) is 10.9. The molecule has 19 heavy (non-hydrogen) atoms. The monoisotopic (exact) mass is 256 g/mol. The smallest absolute Gasteiger partial charge is 0.328 e. The lowest BCUT2D eigenvalue weighted by molar-refractivity contribution is -0.131. The molecule has 0 bridgehead atoms. The van der Waals surface area contributed by atoms with Crippen molar-refractivity contribution in [2.75, 3.05) is 0 Å². The van der Waals surface area contributed by atoms with Gasteiger partial charge in [-0.05, 0) is 23.1 Å². The van der Waals surface area contributed by atoms with Gasteiger partial charge < -0.3 is 10.1 Å². The fourth-order valence-corrected chi connectivity index (χ4v) is 1.77. The van der Waals surface area contributed by atoms with Crippen LogP contribution in [0, 0.1) is 0 Å². The number of aromatic amines is 1. The minimum absolute atomic E-state index is 0.505. The highest BCUT2D eigenvalue weighted by Gasteiger charge is 2.03. The van der Waals surface area contributed by atoms with Gasteiger partial charge >= 0.3 is 5.97 Å². The van der Waals surface area contributed by atoms with E-state index in [1.54, 1.807) is 6.20 Å². The van der Waals surface area contributed by atoms with E-state index in [0.29, 0.717) is 11.7 Å². The molecule has 1 aromatic carbocycles. The lowest BCUT2D eigenvalue weighted by atomic mass is 10.0. The second kappa shape index (κ2) is 5.52. The number of nitrogens with zero attached hydrogens (tertiary/aromatic N) is 1. The molecule has 4 heteroatoms. The average Bonchev–Trinajstić information content (AvgIpc) is 2.85. The van der Waals surface area contributed by atoms with Crippen LogP contribution in [0.1, 0.15) is 31.2 Å². The van der Waals surface area contributed by atoms with Crippen molar-refractivity contribution in [1.29, 1.82) is 0 Å². The van der Waals surface area contributed by atoms with Crippen LogP contribution >= 0.6 is 0 Å². The summed E-state index contributed by atoms with van der Waals surface area (Å²) in [5, 5.41) is 8.55. The first kappa shape index (κ1) is 13.1. The summed E-state index contributed by atoms with van der Waals surface area (Å²) in [6, 6.07) is 8.25. The molecule has 0 aliphatic rings. The van der Waals surface area contributed by atoms with E-state index in [0.717, 1.165) is 17.3 Å². The molecule has 0 saturated heterocycles. The van der Waals surface area contributed by atoms with Crippen LogP contribution in [0.15, 0.2) is 36.5 Å². The van der Waals surface area contributed by atoms with Gasteiger partial charge in [0.2, 0.25) is 0 Å². The van der Waals surface area contributed by atoms with Gasteiger partial charge in [-0.2, -0.15) is 0 Å². The predicted molar refractivity (Wildman–Crippen MR) is 74.8 cm³/mol. The quantitative estimate of drug-likeness (QED) is 0.825. The lowest BCUT2D eigenvalue weighted by Crippen LogP contribution is -1.87. The van der Waals surface area contributed by atoms with Crippen molar-refractivity contribution < 1.29 is 9.90 Å². The van der Waals surface area contributed by atoms with Gasteiger partial charge in [0.05, 0.1) is 11.9 Å². The molecule has 1 heterocycles. The van der Waals surface area contributed by atoms with Crippen molar-refractivity contribution in [2.24, 2.45) is 0 Å². The number of aromatic nitrogens is 2. The van der Waals surface area contributed by atoms with Crippen molar-refractivity contribution in [2.45, 2.75) is 19.8 Å². The Morgan fingerprint density at radius 2 is 2.00 bits per heavy atom. The van der Waals surface area contributed by atoms with Gasteiger partial charge in [-0.25, -0.2) is 9.78 Å². The standard InChI is InChI=1S/C15H16N2O2/c1-10(2)11-3-5-12(6-4-11)13-9-16-14(17-13)7-8-15(18)19/h3-10H,1-2H3,(H,16,17)(H,18,19)/b8-7+. The number of carbonyl (C=O) groups is 1. The maximum atomic E-state index is 10.4. The van der Waals surface area contributed by atoms with Crippen LogP contribution in [0.4, 0.5) is 0 Å². The lowest BCUT2D eigenvalue weighted by Gasteiger charge is -2.05.